The summed E-state index contributed by atoms with van der Waals surface area (Å²) in [5.41, 5.74) is 1.16. The van der Waals surface area contributed by atoms with E-state index in [2.05, 4.69) is 0 Å². The molecule has 0 saturated heterocycles. The molecule has 1 aliphatic rings. The maximum absolute atomic E-state index is 12.1. The first-order valence-corrected chi connectivity index (χ1v) is 7.51. The summed E-state index contributed by atoms with van der Waals surface area (Å²) >= 11 is 2.82. The van der Waals surface area contributed by atoms with Crippen molar-refractivity contribution in [3.8, 4) is 0 Å². The van der Waals surface area contributed by atoms with Gasteiger partial charge in [-0.3, -0.25) is 9.59 Å². The van der Waals surface area contributed by atoms with Crippen molar-refractivity contribution in [2.45, 2.75) is 27.7 Å². The lowest BCUT2D eigenvalue weighted by Gasteiger charge is -2.08. The fourth-order valence-electron chi connectivity index (χ4n) is 1.95. The molecule has 0 saturated carbocycles. The zero-order valence-corrected chi connectivity index (χ0v) is 12.4. The van der Waals surface area contributed by atoms with E-state index in [0.717, 1.165) is 9.75 Å². The number of fused-ring (bicyclic) bond motifs is 2. The van der Waals surface area contributed by atoms with E-state index in [1.807, 2.05) is 39.8 Å². The van der Waals surface area contributed by atoms with Crippen LogP contribution < -0.4 is 0 Å². The summed E-state index contributed by atoms with van der Waals surface area (Å²) in [6.07, 6.45) is 0. The highest BCUT2D eigenvalue weighted by Crippen LogP contribution is 2.36. The van der Waals surface area contributed by atoms with Crippen LogP contribution in [0.5, 0.6) is 0 Å². The van der Waals surface area contributed by atoms with Crippen LogP contribution in [-0.4, -0.2) is 11.6 Å². The minimum Gasteiger partial charge on any atom is -0.288 e. The molecule has 0 aromatic carbocycles. The minimum absolute atomic E-state index is 0.00157. The van der Waals surface area contributed by atoms with E-state index in [1.165, 1.54) is 22.7 Å². The molecule has 2 nitrogen and oxygen atoms in total. The molecular formula is C14H14O2S2. The Hall–Kier alpha value is -1.26. The highest BCUT2D eigenvalue weighted by Gasteiger charge is 2.33. The Bertz CT molecular complexity index is 529. The van der Waals surface area contributed by atoms with Gasteiger partial charge in [0.15, 0.2) is 5.78 Å². The van der Waals surface area contributed by atoms with E-state index in [1.54, 1.807) is 0 Å². The number of hydrogen-bond acceptors (Lipinski definition) is 4. The summed E-state index contributed by atoms with van der Waals surface area (Å²) in [6, 6.07) is 3.63. The molecule has 0 spiro atoms. The maximum atomic E-state index is 12.1. The Morgan fingerprint density at radius 2 is 1.17 bits per heavy atom. The van der Waals surface area contributed by atoms with Gasteiger partial charge in [-0.25, -0.2) is 0 Å². The van der Waals surface area contributed by atoms with E-state index >= 15 is 0 Å². The van der Waals surface area contributed by atoms with Crippen molar-refractivity contribution in [3.63, 3.8) is 0 Å². The molecule has 2 heterocycles. The summed E-state index contributed by atoms with van der Waals surface area (Å²) in [5.74, 6) is 0.0131. The van der Waals surface area contributed by atoms with Gasteiger partial charge < -0.3 is 0 Å². The number of carbonyl (C=O) groups is 2. The molecule has 4 heteroatoms. The lowest BCUT2D eigenvalue weighted by molar-refractivity contribution is 0.0986. The summed E-state index contributed by atoms with van der Waals surface area (Å²) in [5, 5.41) is 0. The molecule has 0 N–H and O–H groups in total. The number of rotatable bonds is 0. The lowest BCUT2D eigenvalue weighted by atomic mass is 9.95. The first-order valence-electron chi connectivity index (χ1n) is 5.88. The Kier molecular flexibility index (Phi) is 3.50. The van der Waals surface area contributed by atoms with Gasteiger partial charge in [-0.2, -0.15) is 0 Å². The van der Waals surface area contributed by atoms with Gasteiger partial charge in [-0.1, -0.05) is 13.8 Å². The monoisotopic (exact) mass is 278 g/mol. The average Bonchev–Trinajstić information content (AvgIpc) is 2.92. The first kappa shape index (κ1) is 13.2. The lowest BCUT2D eigenvalue weighted by Crippen LogP contribution is -2.15. The molecular weight excluding hydrogens is 264 g/mol. The molecule has 0 bridgehead atoms. The van der Waals surface area contributed by atoms with Crippen molar-refractivity contribution in [3.05, 3.63) is 42.8 Å². The standard InChI is InChI=1S/C12H8O2S2.C2H6/c1-5-3-7-9(13)8-4-6(2)16-12(8)10(14)11(7)15-5;1-2/h3-4H,1-2H3;1-2H3. The Morgan fingerprint density at radius 3 is 1.56 bits per heavy atom. The van der Waals surface area contributed by atoms with Crippen LogP contribution in [0.1, 0.15) is 54.1 Å². The second kappa shape index (κ2) is 4.78. The van der Waals surface area contributed by atoms with E-state index < -0.39 is 0 Å². The predicted octanol–water partition coefficient (Wildman–Crippen LogP) is 4.23. The zero-order valence-electron chi connectivity index (χ0n) is 10.8. The minimum atomic E-state index is -0.00157. The largest absolute Gasteiger partial charge is 0.288 e. The van der Waals surface area contributed by atoms with Crippen molar-refractivity contribution >= 4 is 34.2 Å². The van der Waals surface area contributed by atoms with Crippen molar-refractivity contribution in [1.29, 1.82) is 0 Å². The van der Waals surface area contributed by atoms with E-state index in [4.69, 9.17) is 0 Å². The van der Waals surface area contributed by atoms with Crippen LogP contribution in [0.15, 0.2) is 12.1 Å². The van der Waals surface area contributed by atoms with Gasteiger partial charge in [0.05, 0.1) is 9.75 Å². The van der Waals surface area contributed by atoms with Gasteiger partial charge in [-0.15, -0.1) is 22.7 Å². The summed E-state index contributed by atoms with van der Waals surface area (Å²) < 4.78 is 0. The Balaban J connectivity index is 0.000000574. The van der Waals surface area contributed by atoms with Crippen molar-refractivity contribution in [1.82, 2.24) is 0 Å². The number of ketones is 2. The predicted molar refractivity (Wildman–Crippen MR) is 76.3 cm³/mol. The van der Waals surface area contributed by atoms with Crippen molar-refractivity contribution < 1.29 is 9.59 Å². The van der Waals surface area contributed by atoms with Crippen LogP contribution in [0.2, 0.25) is 0 Å². The summed E-state index contributed by atoms with van der Waals surface area (Å²) in [6.45, 7) is 7.84. The highest BCUT2D eigenvalue weighted by molar-refractivity contribution is 7.18. The van der Waals surface area contributed by atoms with E-state index in [9.17, 15) is 9.59 Å². The average molecular weight is 278 g/mol. The van der Waals surface area contributed by atoms with Crippen molar-refractivity contribution in [2.75, 3.05) is 0 Å². The Morgan fingerprint density at radius 1 is 0.778 bits per heavy atom. The molecule has 0 aliphatic heterocycles. The molecule has 2 aromatic rings. The third-order valence-electron chi connectivity index (χ3n) is 2.61. The third-order valence-corrected chi connectivity index (χ3v) is 4.71. The van der Waals surface area contributed by atoms with Crippen LogP contribution in [0.3, 0.4) is 0 Å². The topological polar surface area (TPSA) is 34.1 Å². The molecule has 0 radical (unpaired) electrons. The van der Waals surface area contributed by atoms with Gasteiger partial charge in [0.1, 0.15) is 0 Å². The fourth-order valence-corrected chi connectivity index (χ4v) is 3.93. The van der Waals surface area contributed by atoms with Crippen LogP contribution >= 0.6 is 22.7 Å². The molecule has 0 fully saturated rings. The third kappa shape index (κ3) is 1.85. The van der Waals surface area contributed by atoms with Crippen LogP contribution in [0.4, 0.5) is 0 Å². The molecule has 0 atom stereocenters. The second-order valence-electron chi connectivity index (χ2n) is 3.86. The zero-order chi connectivity index (χ0) is 13.4. The molecule has 2 aromatic heterocycles. The number of aryl methyl sites for hydroxylation is 2. The smallest absolute Gasteiger partial charge is 0.214 e. The molecule has 3 rings (SSSR count). The van der Waals surface area contributed by atoms with Crippen molar-refractivity contribution in [2.24, 2.45) is 0 Å². The molecule has 1 aliphatic carbocycles. The van der Waals surface area contributed by atoms with Gasteiger partial charge in [0.25, 0.3) is 0 Å². The van der Waals surface area contributed by atoms with Gasteiger partial charge >= 0.3 is 0 Å². The second-order valence-corrected chi connectivity index (χ2v) is 6.37. The highest BCUT2D eigenvalue weighted by atomic mass is 32.1. The van der Waals surface area contributed by atoms with Crippen LogP contribution in [0, 0.1) is 13.8 Å². The fraction of sp³-hybridized carbons (Fsp3) is 0.286. The quantitative estimate of drug-likeness (QED) is 0.616. The SMILES string of the molecule is CC.Cc1cc2c(s1)C(=O)c1sc(C)cc1C2=O. The number of carbonyl (C=O) groups excluding carboxylic acids is 2. The van der Waals surface area contributed by atoms with E-state index in [-0.39, 0.29) is 11.6 Å². The first-order chi connectivity index (χ1) is 8.58. The van der Waals surface area contributed by atoms with E-state index in [0.29, 0.717) is 20.9 Å². The van der Waals surface area contributed by atoms with Gasteiger partial charge in [0.2, 0.25) is 5.78 Å². The number of hydrogen-bond donors (Lipinski definition) is 0. The summed E-state index contributed by atoms with van der Waals surface area (Å²) in [7, 11) is 0. The molecule has 18 heavy (non-hydrogen) atoms. The molecule has 0 unspecified atom stereocenters. The molecule has 0 amide bonds. The summed E-state index contributed by atoms with van der Waals surface area (Å²) in [4.78, 5) is 27.5. The molecule has 94 valence electrons. The Labute approximate surface area is 114 Å². The maximum Gasteiger partial charge on any atom is 0.214 e. The van der Waals surface area contributed by atoms with Gasteiger partial charge in [0, 0.05) is 20.9 Å². The van der Waals surface area contributed by atoms with Crippen LogP contribution in [0.25, 0.3) is 0 Å². The van der Waals surface area contributed by atoms with Crippen LogP contribution in [-0.2, 0) is 0 Å². The normalized spacial score (nSPS) is 12.7. The number of thiophene rings is 2. The van der Waals surface area contributed by atoms with Gasteiger partial charge in [-0.05, 0) is 26.0 Å².